The Morgan fingerprint density at radius 3 is 2.08 bits per heavy atom. The minimum absolute atomic E-state index is 0.344. The van der Waals surface area contributed by atoms with Crippen LogP contribution in [0.1, 0.15) is 40.0 Å². The lowest BCUT2D eigenvalue weighted by atomic mass is 9.99. The molecule has 0 saturated carbocycles. The van der Waals surface area contributed by atoms with E-state index < -0.39 is 0 Å². The average Bonchev–Trinajstić information content (AvgIpc) is 2.17. The molecule has 0 saturated heterocycles. The van der Waals surface area contributed by atoms with Crippen molar-refractivity contribution in [3.8, 4) is 0 Å². The van der Waals surface area contributed by atoms with E-state index in [2.05, 4.69) is 25.7 Å². The van der Waals surface area contributed by atoms with Gasteiger partial charge in [0, 0.05) is 6.61 Å². The Bertz CT molecular complexity index is 102. The molecule has 0 aromatic carbocycles. The van der Waals surface area contributed by atoms with Crippen LogP contribution in [0.25, 0.3) is 0 Å². The normalized spacial score (nSPS) is 13.6. The molecular weight excluding hydrogens is 162 g/mol. The predicted molar refractivity (Wildman–Crippen MR) is 57.9 cm³/mol. The molecule has 0 rings (SSSR count). The molecule has 0 heterocycles. The summed E-state index contributed by atoms with van der Waals surface area (Å²) in [7, 11) is 0. The summed E-state index contributed by atoms with van der Waals surface area (Å²) in [5, 5.41) is 8.83. The van der Waals surface area contributed by atoms with Gasteiger partial charge in [-0.3, -0.25) is 0 Å². The Morgan fingerprint density at radius 1 is 1.08 bits per heavy atom. The molecule has 0 aliphatic rings. The maximum absolute atomic E-state index is 8.83. The molecule has 1 unspecified atom stereocenters. The first-order valence-electron chi connectivity index (χ1n) is 5.61. The summed E-state index contributed by atoms with van der Waals surface area (Å²) in [5.41, 5.74) is 0. The van der Waals surface area contributed by atoms with Crippen molar-refractivity contribution in [2.45, 2.75) is 40.0 Å². The van der Waals surface area contributed by atoms with Gasteiger partial charge in [-0.05, 0) is 38.4 Å². The van der Waals surface area contributed by atoms with Crippen molar-refractivity contribution < 1.29 is 5.11 Å². The first-order valence-corrected chi connectivity index (χ1v) is 5.61. The third kappa shape index (κ3) is 6.05. The second-order valence-corrected chi connectivity index (χ2v) is 3.60. The van der Waals surface area contributed by atoms with E-state index in [-0.39, 0.29) is 0 Å². The standard InChI is InChI=1S/C11H25NO/c1-4-11(8-10-13)7-9-12(5-2)6-3/h11,13H,4-10H2,1-3H3. The molecule has 13 heavy (non-hydrogen) atoms. The van der Waals surface area contributed by atoms with Crippen LogP contribution in [0, 0.1) is 5.92 Å². The fraction of sp³-hybridized carbons (Fsp3) is 1.00. The Hall–Kier alpha value is -0.0800. The number of aliphatic hydroxyl groups excluding tert-OH is 1. The van der Waals surface area contributed by atoms with Gasteiger partial charge in [0.05, 0.1) is 0 Å². The highest BCUT2D eigenvalue weighted by atomic mass is 16.3. The highest BCUT2D eigenvalue weighted by Gasteiger charge is 2.07. The van der Waals surface area contributed by atoms with Crippen molar-refractivity contribution >= 4 is 0 Å². The smallest absolute Gasteiger partial charge is 0.0433 e. The Balaban J connectivity index is 3.56. The Kier molecular flexibility index (Phi) is 8.46. The zero-order chi connectivity index (χ0) is 10.1. The van der Waals surface area contributed by atoms with E-state index in [1.165, 1.54) is 19.4 Å². The van der Waals surface area contributed by atoms with E-state index in [0.717, 1.165) is 19.5 Å². The minimum Gasteiger partial charge on any atom is -0.396 e. The third-order valence-corrected chi connectivity index (χ3v) is 2.86. The first-order chi connectivity index (χ1) is 6.28. The number of hydrogen-bond donors (Lipinski definition) is 1. The van der Waals surface area contributed by atoms with Crippen LogP contribution in [-0.2, 0) is 0 Å². The van der Waals surface area contributed by atoms with Crippen LogP contribution < -0.4 is 0 Å². The largest absolute Gasteiger partial charge is 0.396 e. The zero-order valence-electron chi connectivity index (χ0n) is 9.42. The monoisotopic (exact) mass is 187 g/mol. The highest BCUT2D eigenvalue weighted by Crippen LogP contribution is 2.12. The fourth-order valence-electron chi connectivity index (χ4n) is 1.64. The Labute approximate surface area is 82.9 Å². The van der Waals surface area contributed by atoms with Gasteiger partial charge < -0.3 is 10.0 Å². The van der Waals surface area contributed by atoms with Gasteiger partial charge >= 0.3 is 0 Å². The van der Waals surface area contributed by atoms with E-state index in [9.17, 15) is 0 Å². The van der Waals surface area contributed by atoms with Crippen molar-refractivity contribution in [2.24, 2.45) is 5.92 Å². The van der Waals surface area contributed by atoms with Crippen molar-refractivity contribution in [1.82, 2.24) is 4.90 Å². The minimum atomic E-state index is 0.344. The molecule has 0 bridgehead atoms. The number of aliphatic hydroxyl groups is 1. The number of nitrogens with zero attached hydrogens (tertiary/aromatic N) is 1. The Morgan fingerprint density at radius 2 is 1.69 bits per heavy atom. The molecule has 2 nitrogen and oxygen atoms in total. The van der Waals surface area contributed by atoms with E-state index >= 15 is 0 Å². The van der Waals surface area contributed by atoms with E-state index in [1.54, 1.807) is 0 Å². The van der Waals surface area contributed by atoms with Crippen LogP contribution in [0.3, 0.4) is 0 Å². The zero-order valence-corrected chi connectivity index (χ0v) is 9.42. The molecule has 0 aromatic rings. The van der Waals surface area contributed by atoms with Crippen LogP contribution in [0.2, 0.25) is 0 Å². The van der Waals surface area contributed by atoms with Gasteiger partial charge in [-0.2, -0.15) is 0 Å². The molecule has 0 radical (unpaired) electrons. The van der Waals surface area contributed by atoms with Crippen molar-refractivity contribution in [3.05, 3.63) is 0 Å². The van der Waals surface area contributed by atoms with Gasteiger partial charge in [-0.1, -0.05) is 27.2 Å². The van der Waals surface area contributed by atoms with Crippen LogP contribution in [0.15, 0.2) is 0 Å². The van der Waals surface area contributed by atoms with Gasteiger partial charge in [0.15, 0.2) is 0 Å². The van der Waals surface area contributed by atoms with Crippen molar-refractivity contribution in [1.29, 1.82) is 0 Å². The summed E-state index contributed by atoms with van der Waals surface area (Å²) in [6.07, 6.45) is 3.40. The van der Waals surface area contributed by atoms with E-state index in [0.29, 0.717) is 12.5 Å². The molecular formula is C11H25NO. The third-order valence-electron chi connectivity index (χ3n) is 2.86. The summed E-state index contributed by atoms with van der Waals surface area (Å²) in [4.78, 5) is 2.44. The lowest BCUT2D eigenvalue weighted by molar-refractivity contribution is 0.224. The summed E-state index contributed by atoms with van der Waals surface area (Å²) in [6.45, 7) is 10.4. The van der Waals surface area contributed by atoms with Gasteiger partial charge in [0.2, 0.25) is 0 Å². The van der Waals surface area contributed by atoms with Gasteiger partial charge in [-0.15, -0.1) is 0 Å². The van der Waals surface area contributed by atoms with Crippen LogP contribution in [0.5, 0.6) is 0 Å². The van der Waals surface area contributed by atoms with Crippen LogP contribution in [-0.4, -0.2) is 36.2 Å². The van der Waals surface area contributed by atoms with Gasteiger partial charge in [0.25, 0.3) is 0 Å². The summed E-state index contributed by atoms with van der Waals surface area (Å²) < 4.78 is 0. The molecule has 1 atom stereocenters. The number of hydrogen-bond acceptors (Lipinski definition) is 2. The molecule has 0 amide bonds. The predicted octanol–water partition coefficient (Wildman–Crippen LogP) is 2.13. The molecule has 1 N–H and O–H groups in total. The lowest BCUT2D eigenvalue weighted by Crippen LogP contribution is -2.25. The maximum Gasteiger partial charge on any atom is 0.0433 e. The van der Waals surface area contributed by atoms with Crippen LogP contribution >= 0.6 is 0 Å². The quantitative estimate of drug-likeness (QED) is 0.629. The second-order valence-electron chi connectivity index (χ2n) is 3.60. The van der Waals surface area contributed by atoms with E-state index in [4.69, 9.17) is 5.11 Å². The van der Waals surface area contributed by atoms with Crippen molar-refractivity contribution in [2.75, 3.05) is 26.2 Å². The fourth-order valence-corrected chi connectivity index (χ4v) is 1.64. The average molecular weight is 187 g/mol. The van der Waals surface area contributed by atoms with Crippen molar-refractivity contribution in [3.63, 3.8) is 0 Å². The maximum atomic E-state index is 8.83. The first kappa shape index (κ1) is 12.9. The molecule has 0 aliphatic heterocycles. The number of rotatable bonds is 8. The molecule has 0 spiro atoms. The SMILES string of the molecule is CCC(CCO)CCN(CC)CC. The van der Waals surface area contributed by atoms with E-state index in [1.807, 2.05) is 0 Å². The molecule has 0 fully saturated rings. The van der Waals surface area contributed by atoms with Gasteiger partial charge in [-0.25, -0.2) is 0 Å². The molecule has 80 valence electrons. The summed E-state index contributed by atoms with van der Waals surface area (Å²) >= 11 is 0. The summed E-state index contributed by atoms with van der Waals surface area (Å²) in [6, 6.07) is 0. The van der Waals surface area contributed by atoms with Gasteiger partial charge in [0.1, 0.15) is 0 Å². The molecule has 0 aromatic heterocycles. The van der Waals surface area contributed by atoms with Crippen LogP contribution in [0.4, 0.5) is 0 Å². The highest BCUT2D eigenvalue weighted by molar-refractivity contribution is 4.60. The topological polar surface area (TPSA) is 23.5 Å². The molecule has 0 aliphatic carbocycles. The lowest BCUT2D eigenvalue weighted by Gasteiger charge is -2.21. The molecule has 2 heteroatoms. The summed E-state index contributed by atoms with van der Waals surface area (Å²) in [5.74, 6) is 0.714. The second kappa shape index (κ2) is 8.52.